The summed E-state index contributed by atoms with van der Waals surface area (Å²) in [6, 6.07) is 17.9. The number of carbonyl (C=O) groups excluding carboxylic acids is 1. The highest BCUT2D eigenvalue weighted by Gasteiger charge is 2.14. The van der Waals surface area contributed by atoms with Crippen molar-refractivity contribution in [2.24, 2.45) is 0 Å². The van der Waals surface area contributed by atoms with Gasteiger partial charge in [-0.2, -0.15) is 0 Å². The first-order chi connectivity index (χ1) is 17.6. The highest BCUT2D eigenvalue weighted by atomic mass is 16.1. The van der Waals surface area contributed by atoms with Crippen molar-refractivity contribution >= 4 is 39.8 Å². The number of nitrogens with one attached hydrogen (secondary N) is 2. The summed E-state index contributed by atoms with van der Waals surface area (Å²) in [6.07, 6.45) is 6.74. The van der Waals surface area contributed by atoms with Crippen molar-refractivity contribution in [1.29, 1.82) is 0 Å². The fourth-order valence-corrected chi connectivity index (χ4v) is 4.26. The van der Waals surface area contributed by atoms with Gasteiger partial charge in [0.1, 0.15) is 5.52 Å². The van der Waals surface area contributed by atoms with Gasteiger partial charge < -0.3 is 20.4 Å². The van der Waals surface area contributed by atoms with Gasteiger partial charge in [0.25, 0.3) is 0 Å². The number of likely N-dealkylation sites (N-methyl/N-ethyl adjacent to an activating group) is 1. The van der Waals surface area contributed by atoms with Crippen LogP contribution in [0.2, 0.25) is 0 Å². The van der Waals surface area contributed by atoms with Crippen LogP contribution in [-0.4, -0.2) is 59.0 Å². The average molecular weight is 480 g/mol. The molecule has 0 unspecified atom stereocenters. The second-order valence-electron chi connectivity index (χ2n) is 8.82. The summed E-state index contributed by atoms with van der Waals surface area (Å²) < 4.78 is 0. The van der Waals surface area contributed by atoms with Gasteiger partial charge in [-0.3, -0.25) is 9.78 Å². The molecule has 2 aromatic heterocycles. The maximum absolute atomic E-state index is 12.0. The van der Waals surface area contributed by atoms with Gasteiger partial charge in [-0.1, -0.05) is 18.2 Å². The number of hydrogen-bond donors (Lipinski definition) is 2. The van der Waals surface area contributed by atoms with E-state index < -0.39 is 0 Å². The fraction of sp³-hybridized carbons (Fsp3) is 0.214. The molecule has 0 aliphatic carbocycles. The molecule has 3 heterocycles. The number of piperazine rings is 1. The van der Waals surface area contributed by atoms with Crippen molar-refractivity contribution in [3.63, 3.8) is 0 Å². The number of aromatic nitrogens is 3. The molecule has 8 heteroatoms. The number of anilines is 4. The number of pyridine rings is 1. The molecule has 2 N–H and O–H groups in total. The highest BCUT2D eigenvalue weighted by Crippen LogP contribution is 2.28. The van der Waals surface area contributed by atoms with E-state index in [4.69, 9.17) is 4.98 Å². The maximum Gasteiger partial charge on any atom is 0.248 e. The molecule has 1 aliphatic heterocycles. The van der Waals surface area contributed by atoms with Gasteiger partial charge in [-0.05, 0) is 62.5 Å². The predicted octanol–water partition coefficient (Wildman–Crippen LogP) is 4.70. The van der Waals surface area contributed by atoms with Crippen LogP contribution in [0, 0.1) is 0 Å². The van der Waals surface area contributed by atoms with Crippen LogP contribution in [0.4, 0.5) is 23.0 Å². The van der Waals surface area contributed by atoms with E-state index in [-0.39, 0.29) is 5.91 Å². The van der Waals surface area contributed by atoms with Gasteiger partial charge in [0.05, 0.1) is 5.69 Å². The monoisotopic (exact) mass is 479 g/mol. The highest BCUT2D eigenvalue weighted by molar-refractivity contribution is 6.00. The Labute approximate surface area is 210 Å². The molecule has 0 bridgehead atoms. The van der Waals surface area contributed by atoms with Crippen LogP contribution in [0.15, 0.2) is 79.1 Å². The Morgan fingerprint density at radius 1 is 0.972 bits per heavy atom. The first-order valence-corrected chi connectivity index (χ1v) is 12.1. The maximum atomic E-state index is 12.0. The number of hydrogen-bond acceptors (Lipinski definition) is 7. The van der Waals surface area contributed by atoms with Crippen LogP contribution < -0.4 is 15.5 Å². The molecule has 5 rings (SSSR count). The molecule has 4 aromatic rings. The van der Waals surface area contributed by atoms with E-state index >= 15 is 0 Å². The zero-order chi connectivity index (χ0) is 24.9. The first kappa shape index (κ1) is 23.4. The molecule has 1 amide bonds. The first-order valence-electron chi connectivity index (χ1n) is 12.1. The molecular formula is C28H29N7O. The third-order valence-corrected chi connectivity index (χ3v) is 6.21. The summed E-state index contributed by atoms with van der Waals surface area (Å²) in [5.74, 6) is 0.328. The summed E-state index contributed by atoms with van der Waals surface area (Å²) in [5.41, 5.74) is 5.17. The number of allylic oxidation sites excluding steroid dienone is 1. The standard InChI is InChI=1S/C28H29N7O/c1-3-5-25(36)31-23-7-4-6-20(18-23)26-27-21(12-13-29-26)19-30-28(33-27)32-22-8-10-24(11-9-22)35-16-14-34(2)15-17-35/h3-13,18-19H,14-17H2,1-2H3,(H,31,36)(H,30,32,33)/b5-3-. The third-order valence-electron chi connectivity index (χ3n) is 6.21. The summed E-state index contributed by atoms with van der Waals surface area (Å²) in [4.78, 5) is 30.6. The number of rotatable bonds is 6. The van der Waals surface area contributed by atoms with E-state index in [0.717, 1.165) is 54.0 Å². The van der Waals surface area contributed by atoms with E-state index in [2.05, 4.69) is 61.7 Å². The molecule has 182 valence electrons. The molecule has 8 nitrogen and oxygen atoms in total. The summed E-state index contributed by atoms with van der Waals surface area (Å²) in [6.45, 7) is 6.03. The second-order valence-corrected chi connectivity index (χ2v) is 8.82. The van der Waals surface area contributed by atoms with E-state index in [1.165, 1.54) is 11.8 Å². The SMILES string of the molecule is C/C=C\C(=O)Nc1cccc(-c2nccc3cnc(Nc4ccc(N5CCN(C)CC5)cc4)nc23)c1. The van der Waals surface area contributed by atoms with Crippen LogP contribution >= 0.6 is 0 Å². The minimum atomic E-state index is -0.173. The molecular weight excluding hydrogens is 450 g/mol. The van der Waals surface area contributed by atoms with Gasteiger partial charge >= 0.3 is 0 Å². The van der Waals surface area contributed by atoms with E-state index in [9.17, 15) is 4.79 Å². The molecule has 1 aliphatic rings. The van der Waals surface area contributed by atoms with Crippen LogP contribution in [0.5, 0.6) is 0 Å². The zero-order valence-corrected chi connectivity index (χ0v) is 20.5. The van der Waals surface area contributed by atoms with Crippen molar-refractivity contribution in [2.75, 3.05) is 48.8 Å². The minimum Gasteiger partial charge on any atom is -0.369 e. The summed E-state index contributed by atoms with van der Waals surface area (Å²) >= 11 is 0. The lowest BCUT2D eigenvalue weighted by molar-refractivity contribution is -0.111. The van der Waals surface area contributed by atoms with E-state index in [1.54, 1.807) is 18.5 Å². The van der Waals surface area contributed by atoms with Crippen molar-refractivity contribution < 1.29 is 4.79 Å². The van der Waals surface area contributed by atoms with Gasteiger partial charge in [-0.15, -0.1) is 0 Å². The largest absolute Gasteiger partial charge is 0.369 e. The Hall–Kier alpha value is -4.30. The smallest absolute Gasteiger partial charge is 0.248 e. The lowest BCUT2D eigenvalue weighted by atomic mass is 10.1. The molecule has 1 fully saturated rings. The molecule has 0 radical (unpaired) electrons. The van der Waals surface area contributed by atoms with E-state index in [0.29, 0.717) is 11.6 Å². The molecule has 0 saturated carbocycles. The number of fused-ring (bicyclic) bond motifs is 1. The number of amides is 1. The van der Waals surface area contributed by atoms with Crippen molar-refractivity contribution in [2.45, 2.75) is 6.92 Å². The Kier molecular flexibility index (Phi) is 6.86. The number of carbonyl (C=O) groups is 1. The summed E-state index contributed by atoms with van der Waals surface area (Å²) in [7, 11) is 2.16. The minimum absolute atomic E-state index is 0.173. The molecule has 1 saturated heterocycles. The zero-order valence-electron chi connectivity index (χ0n) is 20.5. The molecule has 0 atom stereocenters. The summed E-state index contributed by atoms with van der Waals surface area (Å²) in [5, 5.41) is 7.08. The Morgan fingerprint density at radius 3 is 2.56 bits per heavy atom. The average Bonchev–Trinajstić information content (AvgIpc) is 2.89. The van der Waals surface area contributed by atoms with Crippen LogP contribution in [0.3, 0.4) is 0 Å². The Morgan fingerprint density at radius 2 is 1.78 bits per heavy atom. The normalized spacial score (nSPS) is 14.3. The van der Waals surface area contributed by atoms with Gasteiger partial charge in [0.2, 0.25) is 11.9 Å². The van der Waals surface area contributed by atoms with E-state index in [1.807, 2.05) is 37.3 Å². The van der Waals surface area contributed by atoms with Crippen molar-refractivity contribution in [3.8, 4) is 11.3 Å². The molecule has 0 spiro atoms. The lowest BCUT2D eigenvalue weighted by Crippen LogP contribution is -2.44. The van der Waals surface area contributed by atoms with Crippen LogP contribution in [0.1, 0.15) is 6.92 Å². The Bertz CT molecular complexity index is 1390. The third kappa shape index (κ3) is 5.34. The van der Waals surface area contributed by atoms with Gasteiger partial charge in [0, 0.05) is 66.6 Å². The van der Waals surface area contributed by atoms with Crippen LogP contribution in [0.25, 0.3) is 22.2 Å². The van der Waals surface area contributed by atoms with Crippen molar-refractivity contribution in [3.05, 3.63) is 79.1 Å². The molecule has 36 heavy (non-hydrogen) atoms. The lowest BCUT2D eigenvalue weighted by Gasteiger charge is -2.34. The quantitative estimate of drug-likeness (QED) is 0.388. The van der Waals surface area contributed by atoms with Crippen molar-refractivity contribution in [1.82, 2.24) is 19.9 Å². The Balaban J connectivity index is 1.38. The topological polar surface area (TPSA) is 86.3 Å². The van der Waals surface area contributed by atoms with Gasteiger partial charge in [0.15, 0.2) is 0 Å². The number of benzene rings is 2. The van der Waals surface area contributed by atoms with Gasteiger partial charge in [-0.25, -0.2) is 9.97 Å². The fourth-order valence-electron chi connectivity index (χ4n) is 4.26. The molecule has 2 aromatic carbocycles. The predicted molar refractivity (Wildman–Crippen MR) is 146 cm³/mol. The van der Waals surface area contributed by atoms with Crippen LogP contribution in [-0.2, 0) is 4.79 Å². The second kappa shape index (κ2) is 10.5. The number of nitrogens with zero attached hydrogens (tertiary/aromatic N) is 5.